The predicted molar refractivity (Wildman–Crippen MR) is 71.2 cm³/mol. The highest BCUT2D eigenvalue weighted by Gasteiger charge is 2.23. The number of carboxylic acids is 2. The molecular weight excluding hydrogens is 290 g/mol. The summed E-state index contributed by atoms with van der Waals surface area (Å²) in [4.78, 5) is 44.0. The Labute approximate surface area is 119 Å². The van der Waals surface area contributed by atoms with E-state index in [9.17, 15) is 19.2 Å². The Morgan fingerprint density at radius 1 is 1.25 bits per heavy atom. The van der Waals surface area contributed by atoms with Crippen LogP contribution in [0.1, 0.15) is 6.42 Å². The molecule has 0 aliphatic carbocycles. The van der Waals surface area contributed by atoms with Gasteiger partial charge in [-0.3, -0.25) is 19.2 Å². The number of thioether (sulfide) groups is 1. The van der Waals surface area contributed by atoms with Crippen molar-refractivity contribution in [3.63, 3.8) is 0 Å². The van der Waals surface area contributed by atoms with Crippen molar-refractivity contribution in [1.82, 2.24) is 10.6 Å². The number of carbonyl (C=O) groups excluding carboxylic acids is 2. The van der Waals surface area contributed by atoms with Crippen molar-refractivity contribution in [1.29, 1.82) is 0 Å². The quantitative estimate of drug-likeness (QED) is 0.322. The number of hydrogen-bond donors (Lipinski definition) is 5. The molecule has 0 radical (unpaired) electrons. The van der Waals surface area contributed by atoms with E-state index in [1.165, 1.54) is 11.8 Å². The highest BCUT2D eigenvalue weighted by atomic mass is 32.2. The van der Waals surface area contributed by atoms with E-state index in [1.807, 2.05) is 0 Å². The molecule has 0 bridgehead atoms. The number of aliphatic carboxylic acids is 2. The molecule has 0 saturated heterocycles. The molecule has 0 aromatic carbocycles. The Kier molecular flexibility index (Phi) is 8.32. The zero-order valence-corrected chi connectivity index (χ0v) is 11.6. The third-order valence-electron chi connectivity index (χ3n) is 2.12. The molecule has 0 heterocycles. The van der Waals surface area contributed by atoms with E-state index in [4.69, 9.17) is 15.9 Å². The molecule has 0 aromatic rings. The standard InChI is InChI=1S/C10H17N3O6S/c1-20-4-6(9(17)12-3-8(15)16)13-7(14)2-5(11)10(18)19/h5-6H,2-4,11H2,1H3,(H,12,17)(H,13,14)(H,15,16)(H,18,19). The first-order valence-corrected chi connectivity index (χ1v) is 6.93. The first-order chi connectivity index (χ1) is 9.27. The van der Waals surface area contributed by atoms with Gasteiger partial charge >= 0.3 is 11.9 Å². The number of carboxylic acid groups (broad SMARTS) is 2. The number of nitrogens with one attached hydrogen (secondary N) is 2. The van der Waals surface area contributed by atoms with Crippen LogP contribution in [0.4, 0.5) is 0 Å². The molecule has 0 aliphatic heterocycles. The van der Waals surface area contributed by atoms with Gasteiger partial charge in [0.1, 0.15) is 18.6 Å². The minimum atomic E-state index is -1.35. The lowest BCUT2D eigenvalue weighted by molar-refractivity contribution is -0.141. The molecule has 114 valence electrons. The summed E-state index contributed by atoms with van der Waals surface area (Å²) in [6, 6.07) is -2.30. The maximum absolute atomic E-state index is 11.6. The summed E-state index contributed by atoms with van der Waals surface area (Å²) in [5.74, 6) is -3.65. The van der Waals surface area contributed by atoms with Crippen LogP contribution in [0.25, 0.3) is 0 Å². The molecule has 0 spiro atoms. The molecule has 2 amide bonds. The van der Waals surface area contributed by atoms with Crippen LogP contribution < -0.4 is 16.4 Å². The predicted octanol–water partition coefficient (Wildman–Crippen LogP) is -2.16. The van der Waals surface area contributed by atoms with Gasteiger partial charge in [0.25, 0.3) is 0 Å². The fourth-order valence-electron chi connectivity index (χ4n) is 1.18. The highest BCUT2D eigenvalue weighted by Crippen LogP contribution is 1.99. The minimum Gasteiger partial charge on any atom is -0.480 e. The van der Waals surface area contributed by atoms with E-state index in [0.29, 0.717) is 0 Å². The zero-order chi connectivity index (χ0) is 15.7. The number of hydrogen-bond acceptors (Lipinski definition) is 6. The lowest BCUT2D eigenvalue weighted by Crippen LogP contribution is -2.50. The second-order valence-electron chi connectivity index (χ2n) is 3.84. The normalized spacial score (nSPS) is 13.1. The average molecular weight is 307 g/mol. The fraction of sp³-hybridized carbons (Fsp3) is 0.600. The fourth-order valence-corrected chi connectivity index (χ4v) is 1.74. The molecule has 0 rings (SSSR count). The number of carbonyl (C=O) groups is 4. The Hall–Kier alpha value is -1.81. The number of nitrogens with two attached hydrogens (primary N) is 1. The van der Waals surface area contributed by atoms with Gasteiger partial charge in [0.2, 0.25) is 11.8 Å². The van der Waals surface area contributed by atoms with E-state index in [1.54, 1.807) is 6.26 Å². The Morgan fingerprint density at radius 2 is 1.85 bits per heavy atom. The maximum atomic E-state index is 11.6. The molecule has 9 nitrogen and oxygen atoms in total. The summed E-state index contributed by atoms with van der Waals surface area (Å²) in [6.07, 6.45) is 1.24. The molecule has 10 heteroatoms. The van der Waals surface area contributed by atoms with Gasteiger partial charge in [-0.1, -0.05) is 0 Å². The summed E-state index contributed by atoms with van der Waals surface area (Å²) in [6.45, 7) is -0.561. The van der Waals surface area contributed by atoms with Crippen molar-refractivity contribution in [2.45, 2.75) is 18.5 Å². The summed E-state index contributed by atoms with van der Waals surface area (Å²) in [7, 11) is 0. The van der Waals surface area contributed by atoms with E-state index < -0.39 is 48.8 Å². The molecule has 2 atom stereocenters. The molecule has 20 heavy (non-hydrogen) atoms. The molecule has 6 N–H and O–H groups in total. The van der Waals surface area contributed by atoms with Crippen LogP contribution in [0.5, 0.6) is 0 Å². The van der Waals surface area contributed by atoms with Gasteiger partial charge in [0.15, 0.2) is 0 Å². The number of amides is 2. The SMILES string of the molecule is CSCC(NC(=O)CC(N)C(=O)O)C(=O)NCC(=O)O. The van der Waals surface area contributed by atoms with Crippen molar-refractivity contribution >= 4 is 35.5 Å². The first kappa shape index (κ1) is 18.2. The van der Waals surface area contributed by atoms with Crippen molar-refractivity contribution in [2.75, 3.05) is 18.6 Å². The highest BCUT2D eigenvalue weighted by molar-refractivity contribution is 7.98. The minimum absolute atomic E-state index is 0.222. The van der Waals surface area contributed by atoms with Gasteiger partial charge in [-0.15, -0.1) is 0 Å². The second-order valence-corrected chi connectivity index (χ2v) is 4.75. The molecule has 0 saturated carbocycles. The summed E-state index contributed by atoms with van der Waals surface area (Å²) >= 11 is 1.27. The Balaban J connectivity index is 4.45. The topological polar surface area (TPSA) is 159 Å². The maximum Gasteiger partial charge on any atom is 0.322 e. The molecular formula is C10H17N3O6S. The van der Waals surface area contributed by atoms with Crippen LogP contribution in [0.3, 0.4) is 0 Å². The second kappa shape index (κ2) is 9.15. The lowest BCUT2D eigenvalue weighted by atomic mass is 10.2. The van der Waals surface area contributed by atoms with Crippen molar-refractivity contribution in [3.05, 3.63) is 0 Å². The Morgan fingerprint density at radius 3 is 2.30 bits per heavy atom. The monoisotopic (exact) mass is 307 g/mol. The third kappa shape index (κ3) is 7.59. The van der Waals surface area contributed by atoms with Gasteiger partial charge in [-0.05, 0) is 6.26 Å². The van der Waals surface area contributed by atoms with Crippen LogP contribution in [0.2, 0.25) is 0 Å². The summed E-state index contributed by atoms with van der Waals surface area (Å²) < 4.78 is 0. The van der Waals surface area contributed by atoms with E-state index in [0.717, 1.165) is 0 Å². The van der Waals surface area contributed by atoms with Crippen LogP contribution in [-0.4, -0.2) is 64.6 Å². The van der Waals surface area contributed by atoms with Gasteiger partial charge in [-0.2, -0.15) is 11.8 Å². The summed E-state index contributed by atoms with van der Waals surface area (Å²) in [5, 5.41) is 21.5. The van der Waals surface area contributed by atoms with Crippen molar-refractivity contribution in [3.8, 4) is 0 Å². The number of rotatable bonds is 9. The lowest BCUT2D eigenvalue weighted by Gasteiger charge is -2.17. The van der Waals surface area contributed by atoms with Crippen LogP contribution >= 0.6 is 11.8 Å². The van der Waals surface area contributed by atoms with Crippen LogP contribution in [0.15, 0.2) is 0 Å². The average Bonchev–Trinajstić information content (AvgIpc) is 2.35. The van der Waals surface area contributed by atoms with Crippen molar-refractivity contribution in [2.24, 2.45) is 5.73 Å². The zero-order valence-electron chi connectivity index (χ0n) is 10.8. The van der Waals surface area contributed by atoms with Gasteiger partial charge in [0, 0.05) is 5.75 Å². The third-order valence-corrected chi connectivity index (χ3v) is 2.79. The molecule has 0 aromatic heterocycles. The van der Waals surface area contributed by atoms with E-state index in [2.05, 4.69) is 10.6 Å². The van der Waals surface area contributed by atoms with Gasteiger partial charge in [0.05, 0.1) is 6.42 Å². The molecule has 0 fully saturated rings. The summed E-state index contributed by atoms with van der Waals surface area (Å²) in [5.41, 5.74) is 5.20. The van der Waals surface area contributed by atoms with Crippen molar-refractivity contribution < 1.29 is 29.4 Å². The Bertz CT molecular complexity index is 389. The van der Waals surface area contributed by atoms with Crippen LogP contribution in [0, 0.1) is 0 Å². The van der Waals surface area contributed by atoms with Gasteiger partial charge < -0.3 is 26.6 Å². The molecule has 2 unspecified atom stereocenters. The smallest absolute Gasteiger partial charge is 0.322 e. The van der Waals surface area contributed by atoms with E-state index in [-0.39, 0.29) is 5.75 Å². The van der Waals surface area contributed by atoms with Gasteiger partial charge in [-0.25, -0.2) is 0 Å². The largest absolute Gasteiger partial charge is 0.480 e. The molecule has 0 aliphatic rings. The van der Waals surface area contributed by atoms with E-state index >= 15 is 0 Å². The van der Waals surface area contributed by atoms with Crippen LogP contribution in [-0.2, 0) is 19.2 Å². The first-order valence-electron chi connectivity index (χ1n) is 5.54.